The van der Waals surface area contributed by atoms with Gasteiger partial charge in [-0.15, -0.1) is 0 Å². The second kappa shape index (κ2) is 15.2. The lowest BCUT2D eigenvalue weighted by molar-refractivity contribution is -0.0550. The topological polar surface area (TPSA) is 148 Å². The molecule has 1 aromatic heterocycles. The summed E-state index contributed by atoms with van der Waals surface area (Å²) >= 11 is 0. The highest BCUT2D eigenvalue weighted by Gasteiger charge is 2.44. The van der Waals surface area contributed by atoms with E-state index in [0.717, 1.165) is 23.8 Å². The number of nitrogens with zero attached hydrogens (tertiary/aromatic N) is 2. The van der Waals surface area contributed by atoms with E-state index in [1.807, 2.05) is 0 Å². The molecule has 1 aromatic rings. The standard InChI is InChI=1S/C25H43N3O6/c1-2-3-4-5-6-7-8-9-10-11-12-13-14-15-19(30)18-16-28(25(33)27-23(18)26)24-22(32)21(31)20(17-29)34-24/h16,20-22,24,29,31-32H,2-15,17H2,1H3,(H2,26,27,33)/t20-,21-,22+,24-/m1/s1. The van der Waals surface area contributed by atoms with Crippen molar-refractivity contribution in [1.29, 1.82) is 0 Å². The first-order chi connectivity index (χ1) is 16.4. The lowest BCUT2D eigenvalue weighted by Crippen LogP contribution is -2.36. The van der Waals surface area contributed by atoms with Crippen molar-refractivity contribution >= 4 is 11.6 Å². The smallest absolute Gasteiger partial charge is 0.351 e. The number of nitrogens with two attached hydrogens (primary N) is 1. The third-order valence-electron chi connectivity index (χ3n) is 6.58. The van der Waals surface area contributed by atoms with Gasteiger partial charge in [-0.2, -0.15) is 4.98 Å². The molecule has 0 saturated carbocycles. The molecule has 194 valence electrons. The summed E-state index contributed by atoms with van der Waals surface area (Å²) in [4.78, 5) is 28.6. The number of ketones is 1. The van der Waals surface area contributed by atoms with Crippen LogP contribution in [-0.4, -0.2) is 55.6 Å². The molecule has 34 heavy (non-hydrogen) atoms. The lowest BCUT2D eigenvalue weighted by atomic mass is 10.0. The Morgan fingerprint density at radius 3 is 2.00 bits per heavy atom. The fourth-order valence-electron chi connectivity index (χ4n) is 4.43. The van der Waals surface area contributed by atoms with Gasteiger partial charge in [-0.3, -0.25) is 9.36 Å². The average Bonchev–Trinajstić information content (AvgIpc) is 3.10. The minimum atomic E-state index is -1.44. The third kappa shape index (κ3) is 8.45. The van der Waals surface area contributed by atoms with Crippen molar-refractivity contribution in [3.63, 3.8) is 0 Å². The minimum Gasteiger partial charge on any atom is -0.394 e. The molecule has 2 rings (SSSR count). The molecule has 5 N–H and O–H groups in total. The number of anilines is 1. The summed E-state index contributed by atoms with van der Waals surface area (Å²) in [5.41, 5.74) is 5.10. The van der Waals surface area contributed by atoms with Gasteiger partial charge in [-0.25, -0.2) is 4.79 Å². The van der Waals surface area contributed by atoms with Crippen LogP contribution in [0.3, 0.4) is 0 Å². The van der Waals surface area contributed by atoms with E-state index in [2.05, 4.69) is 11.9 Å². The Morgan fingerprint density at radius 1 is 0.971 bits per heavy atom. The molecule has 0 bridgehead atoms. The van der Waals surface area contributed by atoms with Gasteiger partial charge in [0.15, 0.2) is 12.0 Å². The van der Waals surface area contributed by atoms with E-state index in [4.69, 9.17) is 10.5 Å². The Hall–Kier alpha value is -1.81. The zero-order valence-corrected chi connectivity index (χ0v) is 20.5. The highest BCUT2D eigenvalue weighted by atomic mass is 16.6. The second-order valence-corrected chi connectivity index (χ2v) is 9.37. The van der Waals surface area contributed by atoms with Gasteiger partial charge in [0.25, 0.3) is 0 Å². The van der Waals surface area contributed by atoms with Gasteiger partial charge in [0.1, 0.15) is 24.1 Å². The number of nitrogen functional groups attached to an aromatic ring is 1. The largest absolute Gasteiger partial charge is 0.394 e. The van der Waals surface area contributed by atoms with Crippen molar-refractivity contribution in [3.8, 4) is 0 Å². The van der Waals surface area contributed by atoms with Crippen LogP contribution in [0.2, 0.25) is 0 Å². The average molecular weight is 482 g/mol. The lowest BCUT2D eigenvalue weighted by Gasteiger charge is -2.18. The summed E-state index contributed by atoms with van der Waals surface area (Å²) in [5.74, 6) is -0.388. The van der Waals surface area contributed by atoms with E-state index in [1.165, 1.54) is 70.4 Å². The SMILES string of the molecule is CCCCCCCCCCCCCCCC(=O)c1cn([C@@H]2O[C@H](CO)[C@@H](O)[C@@H]2O)c(=O)nc1N. The zero-order valence-electron chi connectivity index (χ0n) is 20.5. The maximum Gasteiger partial charge on any atom is 0.351 e. The van der Waals surface area contributed by atoms with Crippen molar-refractivity contribution in [1.82, 2.24) is 9.55 Å². The van der Waals surface area contributed by atoms with E-state index in [1.54, 1.807) is 0 Å². The highest BCUT2D eigenvalue weighted by Crippen LogP contribution is 2.28. The number of Topliss-reactive ketones (excluding diaryl/α,β-unsaturated/α-hetero) is 1. The molecule has 0 aromatic carbocycles. The second-order valence-electron chi connectivity index (χ2n) is 9.37. The maximum atomic E-state index is 12.7. The molecule has 1 aliphatic heterocycles. The Labute approximate surface area is 202 Å². The van der Waals surface area contributed by atoms with Crippen LogP contribution in [0.1, 0.15) is 113 Å². The maximum absolute atomic E-state index is 12.7. The number of hydrogen-bond acceptors (Lipinski definition) is 8. The Morgan fingerprint density at radius 2 is 1.50 bits per heavy atom. The van der Waals surface area contributed by atoms with Crippen LogP contribution in [0, 0.1) is 0 Å². The monoisotopic (exact) mass is 481 g/mol. The number of rotatable bonds is 17. The molecule has 9 heteroatoms. The van der Waals surface area contributed by atoms with Crippen LogP contribution in [0.25, 0.3) is 0 Å². The molecule has 1 saturated heterocycles. The normalized spacial score (nSPS) is 22.4. The first kappa shape index (κ1) is 28.4. The molecular formula is C25H43N3O6. The summed E-state index contributed by atoms with van der Waals surface area (Å²) in [5, 5.41) is 29.4. The summed E-state index contributed by atoms with van der Waals surface area (Å²) in [6, 6.07) is 0. The van der Waals surface area contributed by atoms with Crippen LogP contribution < -0.4 is 11.4 Å². The fourth-order valence-corrected chi connectivity index (χ4v) is 4.43. The summed E-state index contributed by atoms with van der Waals surface area (Å²) in [7, 11) is 0. The number of carbonyl (C=O) groups is 1. The van der Waals surface area contributed by atoms with Gasteiger partial charge < -0.3 is 25.8 Å². The number of aliphatic hydroxyl groups is 3. The van der Waals surface area contributed by atoms with Crippen molar-refractivity contribution in [3.05, 3.63) is 22.2 Å². The van der Waals surface area contributed by atoms with Crippen molar-refractivity contribution in [2.24, 2.45) is 0 Å². The van der Waals surface area contributed by atoms with Crippen molar-refractivity contribution in [2.45, 2.75) is 121 Å². The van der Waals surface area contributed by atoms with E-state index >= 15 is 0 Å². The number of aliphatic hydroxyl groups excluding tert-OH is 3. The number of hydrogen-bond donors (Lipinski definition) is 4. The molecule has 0 radical (unpaired) electrons. The van der Waals surface area contributed by atoms with Gasteiger partial charge in [-0.05, 0) is 6.42 Å². The zero-order chi connectivity index (χ0) is 24.9. The van der Waals surface area contributed by atoms with E-state index in [9.17, 15) is 24.9 Å². The highest BCUT2D eigenvalue weighted by molar-refractivity contribution is 5.99. The van der Waals surface area contributed by atoms with E-state index in [-0.39, 0.29) is 23.6 Å². The third-order valence-corrected chi connectivity index (χ3v) is 6.58. The molecule has 0 unspecified atom stereocenters. The molecule has 9 nitrogen and oxygen atoms in total. The molecular weight excluding hydrogens is 438 g/mol. The van der Waals surface area contributed by atoms with Gasteiger partial charge in [0.05, 0.1) is 12.2 Å². The van der Waals surface area contributed by atoms with Crippen LogP contribution >= 0.6 is 0 Å². The number of ether oxygens (including phenoxy) is 1. The summed E-state index contributed by atoms with van der Waals surface area (Å²) < 4.78 is 6.34. The predicted octanol–water partition coefficient (Wildman–Crippen LogP) is 3.10. The number of carbonyl (C=O) groups excluding carboxylic acids is 1. The van der Waals surface area contributed by atoms with E-state index < -0.39 is 36.8 Å². The molecule has 1 aliphatic rings. The predicted molar refractivity (Wildman–Crippen MR) is 131 cm³/mol. The first-order valence-corrected chi connectivity index (χ1v) is 12.9. The molecule has 1 fully saturated rings. The molecule has 2 heterocycles. The Balaban J connectivity index is 1.71. The molecule has 0 aliphatic carbocycles. The van der Waals surface area contributed by atoms with Crippen LogP contribution in [0.5, 0.6) is 0 Å². The Kier molecular flexibility index (Phi) is 12.7. The van der Waals surface area contributed by atoms with Crippen LogP contribution in [0.15, 0.2) is 11.0 Å². The summed E-state index contributed by atoms with van der Waals surface area (Å²) in [6.45, 7) is 1.72. The molecule has 4 atom stereocenters. The van der Waals surface area contributed by atoms with Gasteiger partial charge >= 0.3 is 5.69 Å². The van der Waals surface area contributed by atoms with Crippen LogP contribution in [0.4, 0.5) is 5.82 Å². The van der Waals surface area contributed by atoms with Gasteiger partial charge in [0, 0.05) is 12.6 Å². The minimum absolute atomic E-state index is 0.0938. The quantitative estimate of drug-likeness (QED) is 0.196. The number of unbranched alkanes of at least 4 members (excludes halogenated alkanes) is 12. The summed E-state index contributed by atoms with van der Waals surface area (Å²) in [6.07, 6.45) is 12.2. The van der Waals surface area contributed by atoms with Crippen molar-refractivity contribution < 1.29 is 24.9 Å². The van der Waals surface area contributed by atoms with E-state index in [0.29, 0.717) is 0 Å². The molecule has 0 amide bonds. The number of aromatic nitrogens is 2. The van der Waals surface area contributed by atoms with Gasteiger partial charge in [-0.1, -0.05) is 84.0 Å². The fraction of sp³-hybridized carbons (Fsp3) is 0.800. The van der Waals surface area contributed by atoms with Crippen molar-refractivity contribution in [2.75, 3.05) is 12.3 Å². The molecule has 0 spiro atoms. The van der Waals surface area contributed by atoms with Gasteiger partial charge in [0.2, 0.25) is 0 Å². The first-order valence-electron chi connectivity index (χ1n) is 12.9. The van der Waals surface area contributed by atoms with Crippen LogP contribution in [-0.2, 0) is 4.74 Å². The Bertz CT molecular complexity index is 799.